The van der Waals surface area contributed by atoms with Gasteiger partial charge in [0.15, 0.2) is 0 Å². The lowest BCUT2D eigenvalue weighted by Gasteiger charge is -2.25. The lowest BCUT2D eigenvalue weighted by atomic mass is 9.85. The number of nitrogens with zero attached hydrogens (tertiary/aromatic N) is 1. The summed E-state index contributed by atoms with van der Waals surface area (Å²) in [5.41, 5.74) is 6.09. The molecule has 32 heavy (non-hydrogen) atoms. The van der Waals surface area contributed by atoms with Crippen LogP contribution in [-0.2, 0) is 32.0 Å². The van der Waals surface area contributed by atoms with Crippen molar-refractivity contribution in [3.8, 4) is 0 Å². The lowest BCUT2D eigenvalue weighted by molar-refractivity contribution is -0.140. The fourth-order valence-corrected chi connectivity index (χ4v) is 3.32. The Bertz CT molecular complexity index is 927. The van der Waals surface area contributed by atoms with Gasteiger partial charge < -0.3 is 26.5 Å². The molecule has 0 radical (unpaired) electrons. The van der Waals surface area contributed by atoms with Crippen LogP contribution in [-0.4, -0.2) is 50.8 Å². The molecule has 2 aromatic rings. The third-order valence-corrected chi connectivity index (χ3v) is 4.84. The van der Waals surface area contributed by atoms with Crippen LogP contribution in [0.3, 0.4) is 0 Å². The first-order valence-electron chi connectivity index (χ1n) is 10.2. The third-order valence-electron chi connectivity index (χ3n) is 4.84. The number of hydrogen-bond donors (Lipinski definition) is 5. The summed E-state index contributed by atoms with van der Waals surface area (Å²) >= 11 is 0. The normalized spacial score (nSPS) is 13.1. The van der Waals surface area contributed by atoms with E-state index in [0.29, 0.717) is 5.69 Å². The highest BCUT2D eigenvalue weighted by Crippen LogP contribution is 2.24. The third kappa shape index (κ3) is 8.21. The maximum atomic E-state index is 13.0. The molecule has 2 atom stereocenters. The molecule has 0 spiro atoms. The van der Waals surface area contributed by atoms with Gasteiger partial charge in [0.2, 0.25) is 17.7 Å². The molecule has 1 aromatic carbocycles. The number of benzene rings is 1. The fraction of sp³-hybridized carbons (Fsp3) is 0.409. The number of H-pyrrole nitrogens is 1. The minimum atomic E-state index is -1.01. The van der Waals surface area contributed by atoms with E-state index in [-0.39, 0.29) is 25.7 Å². The Labute approximate surface area is 186 Å². The summed E-state index contributed by atoms with van der Waals surface area (Å²) in [7, 11) is 0. The summed E-state index contributed by atoms with van der Waals surface area (Å²) in [5.74, 6) is -2.76. The average Bonchev–Trinajstić information content (AvgIpc) is 3.19. The second kappa shape index (κ2) is 11.1. The zero-order chi connectivity index (χ0) is 23.7. The number of carbonyl (C=O) groups is 4. The van der Waals surface area contributed by atoms with Gasteiger partial charge in [-0.1, -0.05) is 44.2 Å². The van der Waals surface area contributed by atoms with E-state index in [1.165, 1.54) is 12.5 Å². The molecule has 0 bridgehead atoms. The molecule has 1 aromatic heterocycles. The Morgan fingerprint density at radius 3 is 2.31 bits per heavy atom. The summed E-state index contributed by atoms with van der Waals surface area (Å²) < 4.78 is 0. The van der Waals surface area contributed by atoms with Crippen molar-refractivity contribution in [3.63, 3.8) is 0 Å². The smallest absolute Gasteiger partial charge is 0.303 e. The summed E-state index contributed by atoms with van der Waals surface area (Å²) in [5, 5.41) is 14.3. The van der Waals surface area contributed by atoms with Crippen LogP contribution in [0.1, 0.15) is 37.9 Å². The number of aromatic nitrogens is 2. The summed E-state index contributed by atoms with van der Waals surface area (Å²) in [6, 6.07) is 7.11. The van der Waals surface area contributed by atoms with Gasteiger partial charge in [0.05, 0.1) is 12.7 Å². The highest BCUT2D eigenvalue weighted by Gasteiger charge is 2.30. The molecule has 3 amide bonds. The predicted octanol–water partition coefficient (Wildman–Crippen LogP) is 0.541. The van der Waals surface area contributed by atoms with Crippen molar-refractivity contribution in [2.75, 3.05) is 0 Å². The Balaban J connectivity index is 2.14. The molecule has 0 saturated heterocycles. The number of primary amides is 1. The first kappa shape index (κ1) is 24.6. The average molecular weight is 444 g/mol. The van der Waals surface area contributed by atoms with E-state index in [1.807, 2.05) is 30.3 Å². The zero-order valence-corrected chi connectivity index (χ0v) is 18.1. The van der Waals surface area contributed by atoms with Crippen molar-refractivity contribution in [1.82, 2.24) is 20.6 Å². The molecule has 6 N–H and O–H groups in total. The van der Waals surface area contributed by atoms with Gasteiger partial charge in [-0.25, -0.2) is 4.98 Å². The topological polar surface area (TPSA) is 167 Å². The van der Waals surface area contributed by atoms with Gasteiger partial charge in [0.1, 0.15) is 12.1 Å². The number of aromatic amines is 1. The highest BCUT2D eigenvalue weighted by atomic mass is 16.4. The monoisotopic (exact) mass is 443 g/mol. The molecule has 0 fully saturated rings. The van der Waals surface area contributed by atoms with E-state index >= 15 is 0 Å². The van der Waals surface area contributed by atoms with Crippen LogP contribution in [0.5, 0.6) is 0 Å². The molecule has 0 aliphatic rings. The molecular weight excluding hydrogens is 414 g/mol. The van der Waals surface area contributed by atoms with Crippen LogP contribution < -0.4 is 16.4 Å². The van der Waals surface area contributed by atoms with Gasteiger partial charge in [-0.15, -0.1) is 0 Å². The lowest BCUT2D eigenvalue weighted by Crippen LogP contribution is -2.54. The summed E-state index contributed by atoms with van der Waals surface area (Å²) in [6.07, 6.45) is 3.02. The van der Waals surface area contributed by atoms with E-state index in [1.54, 1.807) is 13.8 Å². The van der Waals surface area contributed by atoms with Crippen molar-refractivity contribution in [2.24, 2.45) is 11.1 Å². The number of carboxylic acid groups (broad SMARTS) is 1. The van der Waals surface area contributed by atoms with Crippen LogP contribution in [0.15, 0.2) is 42.9 Å². The van der Waals surface area contributed by atoms with Crippen LogP contribution in [0.2, 0.25) is 0 Å². The van der Waals surface area contributed by atoms with Crippen LogP contribution in [0.25, 0.3) is 0 Å². The Morgan fingerprint density at radius 2 is 1.75 bits per heavy atom. The number of carboxylic acids is 1. The second-order valence-corrected chi connectivity index (χ2v) is 8.47. The largest absolute Gasteiger partial charge is 0.481 e. The van der Waals surface area contributed by atoms with Crippen molar-refractivity contribution in [2.45, 2.75) is 51.6 Å². The number of carbonyl (C=O) groups excluding carboxylic acids is 3. The molecule has 0 saturated carbocycles. The van der Waals surface area contributed by atoms with E-state index < -0.39 is 41.2 Å². The maximum absolute atomic E-state index is 13.0. The van der Waals surface area contributed by atoms with Crippen LogP contribution in [0, 0.1) is 5.41 Å². The van der Waals surface area contributed by atoms with Gasteiger partial charge in [0.25, 0.3) is 0 Å². The zero-order valence-electron chi connectivity index (χ0n) is 18.1. The van der Waals surface area contributed by atoms with Gasteiger partial charge in [-0.05, 0) is 11.0 Å². The van der Waals surface area contributed by atoms with Crippen molar-refractivity contribution in [1.29, 1.82) is 0 Å². The number of imidazole rings is 1. The van der Waals surface area contributed by atoms with Crippen molar-refractivity contribution >= 4 is 23.7 Å². The van der Waals surface area contributed by atoms with E-state index in [9.17, 15) is 19.2 Å². The van der Waals surface area contributed by atoms with Gasteiger partial charge in [-0.2, -0.15) is 0 Å². The van der Waals surface area contributed by atoms with Crippen LogP contribution >= 0.6 is 0 Å². The number of hydrogen-bond acceptors (Lipinski definition) is 5. The molecule has 1 heterocycles. The number of nitrogens with two attached hydrogens (primary N) is 1. The predicted molar refractivity (Wildman–Crippen MR) is 116 cm³/mol. The van der Waals surface area contributed by atoms with E-state index in [2.05, 4.69) is 20.6 Å². The quantitative estimate of drug-likeness (QED) is 0.321. The maximum Gasteiger partial charge on any atom is 0.303 e. The minimum absolute atomic E-state index is 0.0781. The second-order valence-electron chi connectivity index (χ2n) is 8.47. The first-order valence-corrected chi connectivity index (χ1v) is 10.2. The molecular formula is C22H29N5O5. The molecule has 2 rings (SSSR count). The number of rotatable bonds is 12. The highest BCUT2D eigenvalue weighted by molar-refractivity contribution is 5.92. The number of nitrogens with one attached hydrogen (secondary N) is 3. The summed E-state index contributed by atoms with van der Waals surface area (Å²) in [4.78, 5) is 55.3. The van der Waals surface area contributed by atoms with Crippen molar-refractivity contribution < 1.29 is 24.3 Å². The Morgan fingerprint density at radius 1 is 1.06 bits per heavy atom. The Hall–Kier alpha value is -3.69. The fourth-order valence-electron chi connectivity index (χ4n) is 3.32. The van der Waals surface area contributed by atoms with Crippen LogP contribution in [0.4, 0.5) is 0 Å². The van der Waals surface area contributed by atoms with Gasteiger partial charge >= 0.3 is 5.97 Å². The van der Waals surface area contributed by atoms with E-state index in [0.717, 1.165) is 5.56 Å². The minimum Gasteiger partial charge on any atom is -0.481 e. The molecule has 10 nitrogen and oxygen atoms in total. The number of amides is 3. The first-order chi connectivity index (χ1) is 15.1. The van der Waals surface area contributed by atoms with E-state index in [4.69, 9.17) is 10.8 Å². The van der Waals surface area contributed by atoms with Gasteiger partial charge in [0, 0.05) is 31.2 Å². The number of aliphatic carboxylic acids is 1. The molecule has 0 unspecified atom stereocenters. The Kier molecular flexibility index (Phi) is 8.51. The molecule has 10 heteroatoms. The molecule has 0 aliphatic heterocycles. The SMILES string of the molecule is CC(C)(CC(=O)O)CC(=O)N[C@@H](Cc1ccccc1)C(=O)N[C@@H](Cc1cnc[nH]1)C(N)=O. The molecule has 0 aliphatic carbocycles. The summed E-state index contributed by atoms with van der Waals surface area (Å²) in [6.45, 7) is 3.33. The standard InChI is InChI=1S/C22H29N5O5/c1-22(2,11-19(29)30)10-18(28)26-17(8-14-6-4-3-5-7-14)21(32)27-16(20(23)31)9-15-12-24-13-25-15/h3-7,12-13,16-17H,8-11H2,1-2H3,(H2,23,31)(H,24,25)(H,26,28)(H,27,32)(H,29,30)/t16-,17-/m0/s1. The van der Waals surface area contributed by atoms with Crippen molar-refractivity contribution in [3.05, 3.63) is 54.1 Å². The van der Waals surface area contributed by atoms with Gasteiger partial charge in [-0.3, -0.25) is 19.2 Å². The molecule has 172 valence electrons.